The van der Waals surface area contributed by atoms with E-state index in [4.69, 9.17) is 0 Å². The van der Waals surface area contributed by atoms with Crippen molar-refractivity contribution in [2.75, 3.05) is 0 Å². The zero-order valence-corrected chi connectivity index (χ0v) is 12.7. The Kier molecular flexibility index (Phi) is 5.98. The fourth-order valence-electron chi connectivity index (χ4n) is 1.74. The monoisotopic (exact) mass is 271 g/mol. The van der Waals surface area contributed by atoms with Gasteiger partial charge in [0.05, 0.1) is 5.35 Å². The molecule has 1 aromatic carbocycles. The molecule has 0 unspecified atom stereocenters. The van der Waals surface area contributed by atoms with E-state index in [1.165, 1.54) is 17.7 Å². The molecule has 0 aliphatic carbocycles. The fraction of sp³-hybridized carbons (Fsp3) is 0.222. The van der Waals surface area contributed by atoms with E-state index < -0.39 is 0 Å². The number of hydrogen-bond donors (Lipinski definition) is 0. The maximum Gasteiger partial charge on any atom is 0.123 e. The van der Waals surface area contributed by atoms with Gasteiger partial charge in [0.25, 0.3) is 0 Å². The van der Waals surface area contributed by atoms with Gasteiger partial charge in [-0.1, -0.05) is 32.1 Å². The van der Waals surface area contributed by atoms with Gasteiger partial charge in [-0.25, -0.2) is 4.39 Å². The predicted molar refractivity (Wildman–Crippen MR) is 85.7 cm³/mol. The lowest BCUT2D eigenvalue weighted by Gasteiger charge is -2.03. The number of aromatic nitrogens is 1. The van der Waals surface area contributed by atoms with Crippen LogP contribution in [0.2, 0.25) is 0 Å². The highest BCUT2D eigenvalue weighted by Gasteiger charge is 1.98. The summed E-state index contributed by atoms with van der Waals surface area (Å²) in [5.74, 6) is -0.226. The summed E-state index contributed by atoms with van der Waals surface area (Å²) in [7, 11) is 0. The molecular formula is C18H22FN. The van der Waals surface area contributed by atoms with E-state index in [9.17, 15) is 4.39 Å². The number of nitrogens with zero attached hydrogens (tertiary/aromatic N) is 1. The molecule has 0 bridgehead atoms. The Morgan fingerprint density at radius 2 is 1.70 bits per heavy atom. The van der Waals surface area contributed by atoms with Gasteiger partial charge in [-0.05, 0) is 55.5 Å². The smallest absolute Gasteiger partial charge is 0.123 e. The van der Waals surface area contributed by atoms with Gasteiger partial charge in [-0.15, -0.1) is 0 Å². The first-order valence-corrected chi connectivity index (χ1v) is 6.85. The van der Waals surface area contributed by atoms with Crippen LogP contribution in [0.1, 0.15) is 27.7 Å². The molecule has 1 aromatic heterocycles. The quantitative estimate of drug-likeness (QED) is 0.783. The van der Waals surface area contributed by atoms with Crippen LogP contribution in [0.15, 0.2) is 48.2 Å². The lowest BCUT2D eigenvalue weighted by Crippen LogP contribution is -2.26. The van der Waals surface area contributed by atoms with Crippen molar-refractivity contribution in [2.45, 2.75) is 27.7 Å². The van der Waals surface area contributed by atoms with Crippen molar-refractivity contribution >= 4 is 12.7 Å². The zero-order chi connectivity index (χ0) is 15.1. The third kappa shape index (κ3) is 3.95. The highest BCUT2D eigenvalue weighted by molar-refractivity contribution is 5.42. The molecule has 0 saturated carbocycles. The second kappa shape index (κ2) is 7.49. The molecule has 0 radical (unpaired) electrons. The highest BCUT2D eigenvalue weighted by Crippen LogP contribution is 2.05. The van der Waals surface area contributed by atoms with Gasteiger partial charge in [0.15, 0.2) is 0 Å². The molecule has 2 heteroatoms. The minimum atomic E-state index is -0.226. The van der Waals surface area contributed by atoms with Gasteiger partial charge in [-0.2, -0.15) is 0 Å². The second-order valence-corrected chi connectivity index (χ2v) is 4.48. The standard InChI is InChI=1S/C16H16FN.C2H6/c1-12(2)4-9-16-13(3)10-11-18(16)15-7-5-14(17)6-8-15;1-2/h4-11H,3H2,1-2H3;1-2H3/b16-9+;. The van der Waals surface area contributed by atoms with Crippen LogP contribution < -0.4 is 10.6 Å². The third-order valence-electron chi connectivity index (χ3n) is 2.69. The van der Waals surface area contributed by atoms with Gasteiger partial charge in [0, 0.05) is 11.9 Å². The van der Waals surface area contributed by atoms with Crippen molar-refractivity contribution < 1.29 is 4.39 Å². The summed E-state index contributed by atoms with van der Waals surface area (Å²) in [6, 6.07) is 8.39. The summed E-state index contributed by atoms with van der Waals surface area (Å²) in [6.07, 6.45) is 6.02. The minimum Gasteiger partial charge on any atom is -0.317 e. The van der Waals surface area contributed by atoms with Gasteiger partial charge in [0.1, 0.15) is 5.82 Å². The van der Waals surface area contributed by atoms with Crippen LogP contribution in [0.4, 0.5) is 4.39 Å². The third-order valence-corrected chi connectivity index (χ3v) is 2.69. The molecule has 0 N–H and O–H groups in total. The van der Waals surface area contributed by atoms with E-state index in [1.807, 2.05) is 56.7 Å². The van der Waals surface area contributed by atoms with E-state index in [-0.39, 0.29) is 5.82 Å². The summed E-state index contributed by atoms with van der Waals surface area (Å²) in [6.45, 7) is 12.1. The normalized spacial score (nSPS) is 10.8. The van der Waals surface area contributed by atoms with Crippen LogP contribution >= 0.6 is 0 Å². The molecule has 0 fully saturated rings. The molecule has 0 atom stereocenters. The van der Waals surface area contributed by atoms with Crippen molar-refractivity contribution in [1.82, 2.24) is 4.57 Å². The lowest BCUT2D eigenvalue weighted by molar-refractivity contribution is 0.627. The van der Waals surface area contributed by atoms with Crippen LogP contribution in [-0.2, 0) is 0 Å². The second-order valence-electron chi connectivity index (χ2n) is 4.48. The van der Waals surface area contributed by atoms with Gasteiger partial charge >= 0.3 is 0 Å². The molecule has 0 spiro atoms. The molecule has 2 rings (SSSR count). The first-order valence-electron chi connectivity index (χ1n) is 6.85. The molecule has 20 heavy (non-hydrogen) atoms. The Morgan fingerprint density at radius 3 is 2.25 bits per heavy atom. The van der Waals surface area contributed by atoms with E-state index in [2.05, 4.69) is 6.58 Å². The Labute approximate surface area is 120 Å². The number of allylic oxidation sites excluding steroid dienone is 2. The molecule has 0 aliphatic heterocycles. The Hall–Kier alpha value is -2.09. The number of hydrogen-bond acceptors (Lipinski definition) is 0. The maximum absolute atomic E-state index is 12.9. The molecule has 0 aliphatic rings. The van der Waals surface area contributed by atoms with Crippen molar-refractivity contribution in [3.05, 3.63) is 64.6 Å². The Balaban J connectivity index is 0.000000956. The number of benzene rings is 1. The van der Waals surface area contributed by atoms with Crippen LogP contribution in [0.3, 0.4) is 0 Å². The van der Waals surface area contributed by atoms with Crippen LogP contribution in [0.5, 0.6) is 0 Å². The van der Waals surface area contributed by atoms with E-state index in [1.54, 1.807) is 12.1 Å². The van der Waals surface area contributed by atoms with E-state index in [0.29, 0.717) is 0 Å². The van der Waals surface area contributed by atoms with Gasteiger partial charge in [-0.3, -0.25) is 0 Å². The van der Waals surface area contributed by atoms with Crippen molar-refractivity contribution in [2.24, 2.45) is 0 Å². The molecule has 2 aromatic rings. The summed E-state index contributed by atoms with van der Waals surface area (Å²) >= 11 is 0. The minimum absolute atomic E-state index is 0.226. The summed E-state index contributed by atoms with van der Waals surface area (Å²) in [5.41, 5.74) is 2.15. The molecular weight excluding hydrogens is 249 g/mol. The number of halogens is 1. The summed E-state index contributed by atoms with van der Waals surface area (Å²) in [5, 5.41) is 1.97. The first-order chi connectivity index (χ1) is 9.58. The van der Waals surface area contributed by atoms with Crippen LogP contribution in [0, 0.1) is 5.82 Å². The summed E-state index contributed by atoms with van der Waals surface area (Å²) < 4.78 is 14.9. The van der Waals surface area contributed by atoms with Gasteiger partial charge in [0.2, 0.25) is 0 Å². The largest absolute Gasteiger partial charge is 0.317 e. The Bertz CT molecular complexity index is 671. The Morgan fingerprint density at radius 1 is 1.10 bits per heavy atom. The SMILES string of the molecule is C=c1ccn(-c2ccc(F)cc2)/c1=C/C=C(C)C.CC. The molecule has 0 saturated heterocycles. The molecule has 0 amide bonds. The lowest BCUT2D eigenvalue weighted by atomic mass is 10.3. The highest BCUT2D eigenvalue weighted by atomic mass is 19.1. The molecule has 106 valence electrons. The predicted octanol–water partition coefficient (Wildman–Crippen LogP) is 3.80. The summed E-state index contributed by atoms with van der Waals surface area (Å²) in [4.78, 5) is 0. The van der Waals surface area contributed by atoms with Crippen molar-refractivity contribution in [1.29, 1.82) is 0 Å². The average Bonchev–Trinajstić information content (AvgIpc) is 2.81. The van der Waals surface area contributed by atoms with Gasteiger partial charge < -0.3 is 4.57 Å². The first kappa shape index (κ1) is 16.0. The molecule has 1 heterocycles. The maximum atomic E-state index is 12.9. The molecule has 1 nitrogen and oxygen atoms in total. The van der Waals surface area contributed by atoms with Crippen molar-refractivity contribution in [3.63, 3.8) is 0 Å². The number of rotatable bonds is 2. The van der Waals surface area contributed by atoms with Crippen LogP contribution in [0.25, 0.3) is 18.3 Å². The average molecular weight is 271 g/mol. The fourth-order valence-corrected chi connectivity index (χ4v) is 1.74. The van der Waals surface area contributed by atoms with Crippen molar-refractivity contribution in [3.8, 4) is 5.69 Å². The van der Waals surface area contributed by atoms with E-state index in [0.717, 1.165) is 16.3 Å². The zero-order valence-electron chi connectivity index (χ0n) is 12.7. The van der Waals surface area contributed by atoms with E-state index >= 15 is 0 Å². The van der Waals surface area contributed by atoms with Crippen LogP contribution in [-0.4, -0.2) is 4.57 Å². The topological polar surface area (TPSA) is 4.93 Å².